The second-order valence-corrected chi connectivity index (χ2v) is 4.96. The van der Waals surface area contributed by atoms with Crippen molar-refractivity contribution in [1.82, 2.24) is 19.9 Å². The van der Waals surface area contributed by atoms with Gasteiger partial charge in [-0.2, -0.15) is 10.1 Å². The summed E-state index contributed by atoms with van der Waals surface area (Å²) in [6.07, 6.45) is 0. The molecule has 1 amide bonds. The van der Waals surface area contributed by atoms with Crippen LogP contribution in [0.2, 0.25) is 0 Å². The van der Waals surface area contributed by atoms with Crippen molar-refractivity contribution in [3.63, 3.8) is 0 Å². The van der Waals surface area contributed by atoms with E-state index in [1.54, 1.807) is 0 Å². The molecule has 2 aromatic heterocycles. The smallest absolute Gasteiger partial charge is 0.269 e. The predicted molar refractivity (Wildman–Crippen MR) is 80.6 cm³/mol. The third-order valence-corrected chi connectivity index (χ3v) is 3.15. The van der Waals surface area contributed by atoms with Gasteiger partial charge < -0.3 is 10.3 Å². The van der Waals surface area contributed by atoms with E-state index >= 15 is 0 Å². The molecule has 1 aromatic carbocycles. The number of nitrogens with two attached hydrogens (primary N) is 1. The van der Waals surface area contributed by atoms with Gasteiger partial charge in [-0.1, -0.05) is 28.9 Å². The number of aryl methyl sites for hydroxylation is 1. The number of aromatic nitrogens is 4. The fourth-order valence-corrected chi connectivity index (χ4v) is 2.04. The monoisotopic (exact) mass is 311 g/mol. The average molecular weight is 311 g/mol. The summed E-state index contributed by atoms with van der Waals surface area (Å²) in [4.78, 5) is 27.1. The number of nitrogens with zero attached hydrogens (tertiary/aromatic N) is 4. The minimum Gasteiger partial charge on any atom is -0.364 e. The zero-order valence-corrected chi connectivity index (χ0v) is 12.3. The van der Waals surface area contributed by atoms with Crippen LogP contribution in [0.5, 0.6) is 0 Å². The molecule has 0 aliphatic carbocycles. The number of rotatable bonds is 4. The minimum atomic E-state index is -0.718. The van der Waals surface area contributed by atoms with Crippen molar-refractivity contribution >= 4 is 5.91 Å². The van der Waals surface area contributed by atoms with Crippen LogP contribution in [0.3, 0.4) is 0 Å². The van der Waals surface area contributed by atoms with E-state index in [4.69, 9.17) is 10.3 Å². The summed E-state index contributed by atoms with van der Waals surface area (Å²) < 4.78 is 6.19. The van der Waals surface area contributed by atoms with Crippen LogP contribution in [-0.2, 0) is 6.54 Å². The van der Waals surface area contributed by atoms with Crippen LogP contribution in [0.25, 0.3) is 11.4 Å². The van der Waals surface area contributed by atoms with E-state index in [1.165, 1.54) is 12.1 Å². The van der Waals surface area contributed by atoms with E-state index in [-0.39, 0.29) is 18.1 Å². The first-order chi connectivity index (χ1) is 11.0. The lowest BCUT2D eigenvalue weighted by molar-refractivity contribution is 0.0993. The number of benzene rings is 1. The molecule has 3 aromatic rings. The van der Waals surface area contributed by atoms with Crippen LogP contribution in [0.4, 0.5) is 0 Å². The number of primary amides is 1. The standard InChI is InChI=1S/C15H13N5O3/c1-9-3-2-4-10(7-9)15-17-12(23-19-15)8-20-13(21)6-5-11(18-20)14(16)22/h2-7H,8H2,1H3,(H2,16,22). The first-order valence-electron chi connectivity index (χ1n) is 6.80. The normalized spacial score (nSPS) is 10.7. The molecule has 0 bridgehead atoms. The molecule has 8 heteroatoms. The van der Waals surface area contributed by atoms with Crippen LogP contribution in [0.15, 0.2) is 45.7 Å². The summed E-state index contributed by atoms with van der Waals surface area (Å²) in [5.74, 6) is -0.0924. The first kappa shape index (κ1) is 14.6. The predicted octanol–water partition coefficient (Wildman–Crippen LogP) is 0.749. The molecule has 23 heavy (non-hydrogen) atoms. The van der Waals surface area contributed by atoms with Gasteiger partial charge in [-0.05, 0) is 19.1 Å². The van der Waals surface area contributed by atoms with Gasteiger partial charge in [-0.15, -0.1) is 0 Å². The maximum absolute atomic E-state index is 11.8. The first-order valence-corrected chi connectivity index (χ1v) is 6.80. The molecule has 116 valence electrons. The fraction of sp³-hybridized carbons (Fsp3) is 0.133. The fourth-order valence-electron chi connectivity index (χ4n) is 2.04. The Morgan fingerprint density at radius 1 is 1.30 bits per heavy atom. The van der Waals surface area contributed by atoms with Crippen LogP contribution < -0.4 is 11.3 Å². The van der Waals surface area contributed by atoms with Gasteiger partial charge in [-0.25, -0.2) is 4.68 Å². The molecule has 0 atom stereocenters. The number of hydrogen-bond acceptors (Lipinski definition) is 6. The lowest BCUT2D eigenvalue weighted by Gasteiger charge is -2.01. The quantitative estimate of drug-likeness (QED) is 0.759. The SMILES string of the molecule is Cc1cccc(-c2noc(Cn3nc(C(N)=O)ccc3=O)n2)c1. The summed E-state index contributed by atoms with van der Waals surface area (Å²) in [6, 6.07) is 10.1. The highest BCUT2D eigenvalue weighted by molar-refractivity contribution is 5.90. The van der Waals surface area contributed by atoms with Crippen LogP contribution in [0.1, 0.15) is 21.9 Å². The van der Waals surface area contributed by atoms with Crippen molar-refractivity contribution in [2.45, 2.75) is 13.5 Å². The topological polar surface area (TPSA) is 117 Å². The second-order valence-electron chi connectivity index (χ2n) is 4.96. The summed E-state index contributed by atoms with van der Waals surface area (Å²) in [6.45, 7) is 1.92. The number of carbonyl (C=O) groups is 1. The minimum absolute atomic E-state index is 0.0111. The maximum Gasteiger partial charge on any atom is 0.269 e. The van der Waals surface area contributed by atoms with Gasteiger partial charge in [0.05, 0.1) is 0 Å². The second kappa shape index (κ2) is 5.84. The van der Waals surface area contributed by atoms with E-state index in [2.05, 4.69) is 15.2 Å². The van der Waals surface area contributed by atoms with Crippen molar-refractivity contribution < 1.29 is 9.32 Å². The molecule has 2 N–H and O–H groups in total. The number of amides is 1. The molecule has 0 saturated heterocycles. The zero-order chi connectivity index (χ0) is 16.4. The Labute approximate surface area is 130 Å². The molecule has 3 rings (SSSR count). The lowest BCUT2D eigenvalue weighted by Crippen LogP contribution is -2.26. The molecule has 0 spiro atoms. The third kappa shape index (κ3) is 3.15. The lowest BCUT2D eigenvalue weighted by atomic mass is 10.1. The number of carbonyl (C=O) groups excluding carboxylic acids is 1. The molecule has 2 heterocycles. The third-order valence-electron chi connectivity index (χ3n) is 3.15. The highest BCUT2D eigenvalue weighted by atomic mass is 16.5. The van der Waals surface area contributed by atoms with Gasteiger partial charge in [-0.3, -0.25) is 9.59 Å². The molecule has 0 aliphatic rings. The summed E-state index contributed by atoms with van der Waals surface area (Å²) in [7, 11) is 0. The highest BCUT2D eigenvalue weighted by Crippen LogP contribution is 2.17. The van der Waals surface area contributed by atoms with Gasteiger partial charge in [0.15, 0.2) is 0 Å². The molecule has 0 radical (unpaired) electrons. The largest absolute Gasteiger partial charge is 0.364 e. The van der Waals surface area contributed by atoms with Gasteiger partial charge in [0.2, 0.25) is 11.7 Å². The molecular formula is C15H13N5O3. The van der Waals surface area contributed by atoms with E-state index in [0.29, 0.717) is 5.82 Å². The summed E-state index contributed by atoms with van der Waals surface area (Å²) in [5, 5.41) is 7.76. The van der Waals surface area contributed by atoms with Crippen molar-refractivity contribution in [2.75, 3.05) is 0 Å². The van der Waals surface area contributed by atoms with Gasteiger partial charge in [0, 0.05) is 11.6 Å². The van der Waals surface area contributed by atoms with Gasteiger partial charge in [0.25, 0.3) is 11.5 Å². The van der Waals surface area contributed by atoms with Crippen LogP contribution in [0, 0.1) is 6.92 Å². The van der Waals surface area contributed by atoms with Crippen LogP contribution in [-0.4, -0.2) is 25.8 Å². The van der Waals surface area contributed by atoms with Crippen molar-refractivity contribution in [1.29, 1.82) is 0 Å². The Hall–Kier alpha value is -3.29. The number of hydrogen-bond donors (Lipinski definition) is 1. The molecule has 0 fully saturated rings. The van der Waals surface area contributed by atoms with E-state index in [0.717, 1.165) is 15.8 Å². The highest BCUT2D eigenvalue weighted by Gasteiger charge is 2.12. The molecule has 0 saturated carbocycles. The van der Waals surface area contributed by atoms with Crippen LogP contribution >= 0.6 is 0 Å². The Morgan fingerprint density at radius 3 is 2.87 bits per heavy atom. The van der Waals surface area contributed by atoms with Gasteiger partial charge in [0.1, 0.15) is 12.2 Å². The Balaban J connectivity index is 1.89. The summed E-state index contributed by atoms with van der Waals surface area (Å²) in [5.41, 5.74) is 6.62. The zero-order valence-electron chi connectivity index (χ0n) is 12.3. The summed E-state index contributed by atoms with van der Waals surface area (Å²) >= 11 is 0. The molecule has 0 aliphatic heterocycles. The van der Waals surface area contributed by atoms with Crippen molar-refractivity contribution in [3.05, 3.63) is 63.9 Å². The molecular weight excluding hydrogens is 298 g/mol. The van der Waals surface area contributed by atoms with E-state index < -0.39 is 11.5 Å². The Bertz CT molecular complexity index is 929. The molecule has 0 unspecified atom stereocenters. The van der Waals surface area contributed by atoms with Crippen molar-refractivity contribution in [2.24, 2.45) is 5.73 Å². The van der Waals surface area contributed by atoms with Gasteiger partial charge >= 0.3 is 0 Å². The molecule has 8 nitrogen and oxygen atoms in total. The maximum atomic E-state index is 11.8. The average Bonchev–Trinajstić information content (AvgIpc) is 2.98. The van der Waals surface area contributed by atoms with E-state index in [9.17, 15) is 9.59 Å². The van der Waals surface area contributed by atoms with E-state index in [1.807, 2.05) is 31.2 Å². The Morgan fingerprint density at radius 2 is 2.13 bits per heavy atom. The Kier molecular flexibility index (Phi) is 3.71. The van der Waals surface area contributed by atoms with Crippen molar-refractivity contribution in [3.8, 4) is 11.4 Å².